The highest BCUT2D eigenvalue weighted by Crippen LogP contribution is 2.38. The lowest BCUT2D eigenvalue weighted by Gasteiger charge is -2.29. The Bertz CT molecular complexity index is 906. The largest absolute Gasteiger partial charge is 0.370 e. The number of hydrogen-bond acceptors (Lipinski definition) is 4. The molecule has 0 aliphatic carbocycles. The number of pyridine rings is 1. The molecule has 3 atom stereocenters. The number of benzene rings is 1. The number of rotatable bonds is 5. The van der Waals surface area contributed by atoms with Gasteiger partial charge in [-0.25, -0.2) is 0 Å². The van der Waals surface area contributed by atoms with Gasteiger partial charge in [-0.1, -0.05) is 29.8 Å². The number of aromatic nitrogens is 1. The first-order valence-electron chi connectivity index (χ1n) is 9.91. The van der Waals surface area contributed by atoms with E-state index in [0.29, 0.717) is 35.6 Å². The zero-order valence-electron chi connectivity index (χ0n) is 16.4. The molecular weight excluding hydrogens is 388 g/mol. The standard InChI is InChI=1S/C22H25ClN4O2/c1-14-5-6-15(8-18(14)23)20(9-21(24)28)26-10-16-12-27(13-17(16)11-26)22(29)19-4-2-3-7-25-19/h2-8,16-17,20H,9-13H2,1H3,(H2,24,28). The fourth-order valence-corrected chi connectivity index (χ4v) is 4.75. The second-order valence-electron chi connectivity index (χ2n) is 8.09. The van der Waals surface area contributed by atoms with Crippen LogP contribution in [0.2, 0.25) is 5.02 Å². The summed E-state index contributed by atoms with van der Waals surface area (Å²) in [5, 5.41) is 0.698. The number of halogens is 1. The molecule has 0 spiro atoms. The van der Waals surface area contributed by atoms with E-state index >= 15 is 0 Å². The molecule has 1 aromatic carbocycles. The summed E-state index contributed by atoms with van der Waals surface area (Å²) in [6, 6.07) is 11.3. The number of hydrogen-bond donors (Lipinski definition) is 1. The summed E-state index contributed by atoms with van der Waals surface area (Å²) in [6.45, 7) is 5.06. The lowest BCUT2D eigenvalue weighted by molar-refractivity contribution is -0.119. The van der Waals surface area contributed by atoms with Gasteiger partial charge < -0.3 is 10.6 Å². The monoisotopic (exact) mass is 412 g/mol. The van der Waals surface area contributed by atoms with Gasteiger partial charge in [0.15, 0.2) is 0 Å². The molecule has 3 unspecified atom stereocenters. The highest BCUT2D eigenvalue weighted by molar-refractivity contribution is 6.31. The lowest BCUT2D eigenvalue weighted by atomic mass is 10.0. The quantitative estimate of drug-likeness (QED) is 0.818. The number of fused-ring (bicyclic) bond motifs is 1. The molecule has 2 aliphatic heterocycles. The Kier molecular flexibility index (Phi) is 5.56. The minimum absolute atomic E-state index is 0.00875. The summed E-state index contributed by atoms with van der Waals surface area (Å²) >= 11 is 6.32. The first-order chi connectivity index (χ1) is 13.9. The fourth-order valence-electron chi connectivity index (χ4n) is 4.57. The summed E-state index contributed by atoms with van der Waals surface area (Å²) in [5.74, 6) is 0.444. The Balaban J connectivity index is 1.47. The first kappa shape index (κ1) is 19.9. The topological polar surface area (TPSA) is 79.5 Å². The smallest absolute Gasteiger partial charge is 0.272 e. The molecule has 2 fully saturated rings. The number of aryl methyl sites for hydroxylation is 1. The molecule has 4 rings (SSSR count). The van der Waals surface area contributed by atoms with Crippen LogP contribution in [0.4, 0.5) is 0 Å². The van der Waals surface area contributed by atoms with Gasteiger partial charge in [-0.3, -0.25) is 19.5 Å². The van der Waals surface area contributed by atoms with E-state index in [2.05, 4.69) is 9.88 Å². The van der Waals surface area contributed by atoms with Crippen molar-refractivity contribution in [1.82, 2.24) is 14.8 Å². The molecule has 152 valence electrons. The van der Waals surface area contributed by atoms with E-state index < -0.39 is 0 Å². The van der Waals surface area contributed by atoms with Gasteiger partial charge in [-0.2, -0.15) is 0 Å². The van der Waals surface area contributed by atoms with Crippen molar-refractivity contribution in [3.8, 4) is 0 Å². The Morgan fingerprint density at radius 1 is 1.17 bits per heavy atom. The van der Waals surface area contributed by atoms with Crippen molar-refractivity contribution in [2.75, 3.05) is 26.2 Å². The number of nitrogens with zero attached hydrogens (tertiary/aromatic N) is 3. The highest BCUT2D eigenvalue weighted by Gasteiger charge is 2.44. The van der Waals surface area contributed by atoms with E-state index in [9.17, 15) is 9.59 Å². The minimum atomic E-state index is -0.323. The van der Waals surface area contributed by atoms with Crippen molar-refractivity contribution < 1.29 is 9.59 Å². The van der Waals surface area contributed by atoms with Crippen LogP contribution in [0, 0.1) is 18.8 Å². The first-order valence-corrected chi connectivity index (χ1v) is 10.3. The van der Waals surface area contributed by atoms with Crippen LogP contribution in [-0.4, -0.2) is 52.8 Å². The summed E-state index contributed by atoms with van der Waals surface area (Å²) in [7, 11) is 0. The number of carbonyl (C=O) groups is 2. The van der Waals surface area contributed by atoms with Crippen LogP contribution >= 0.6 is 11.6 Å². The molecule has 29 heavy (non-hydrogen) atoms. The van der Waals surface area contributed by atoms with Crippen LogP contribution in [0.3, 0.4) is 0 Å². The normalized spacial score (nSPS) is 22.5. The van der Waals surface area contributed by atoms with Crippen molar-refractivity contribution in [2.45, 2.75) is 19.4 Å². The van der Waals surface area contributed by atoms with Gasteiger partial charge in [-0.05, 0) is 48.1 Å². The molecule has 2 saturated heterocycles. The number of likely N-dealkylation sites (tertiary alicyclic amines) is 2. The maximum absolute atomic E-state index is 12.7. The Labute approximate surface area is 175 Å². The second-order valence-corrected chi connectivity index (χ2v) is 8.50. The van der Waals surface area contributed by atoms with Crippen LogP contribution < -0.4 is 5.73 Å². The van der Waals surface area contributed by atoms with Gasteiger partial charge in [0.2, 0.25) is 5.91 Å². The van der Waals surface area contributed by atoms with Crippen molar-refractivity contribution in [2.24, 2.45) is 17.6 Å². The van der Waals surface area contributed by atoms with Crippen LogP contribution in [0.15, 0.2) is 42.6 Å². The molecule has 2 aliphatic rings. The van der Waals surface area contributed by atoms with Crippen molar-refractivity contribution in [1.29, 1.82) is 0 Å². The van der Waals surface area contributed by atoms with E-state index in [0.717, 1.165) is 24.2 Å². The average Bonchev–Trinajstić information content (AvgIpc) is 3.27. The molecule has 7 heteroatoms. The molecule has 0 saturated carbocycles. The molecule has 6 nitrogen and oxygen atoms in total. The van der Waals surface area contributed by atoms with Crippen molar-refractivity contribution in [3.05, 3.63) is 64.4 Å². The molecule has 0 bridgehead atoms. The Hall–Kier alpha value is -2.44. The molecular formula is C22H25ClN4O2. The molecule has 0 radical (unpaired) electrons. The van der Waals surface area contributed by atoms with E-state index in [-0.39, 0.29) is 24.3 Å². The molecule has 1 aromatic heterocycles. The van der Waals surface area contributed by atoms with Gasteiger partial charge in [0.05, 0.1) is 0 Å². The molecule has 3 heterocycles. The molecule has 2 aromatic rings. The average molecular weight is 413 g/mol. The van der Waals surface area contributed by atoms with Crippen LogP contribution in [-0.2, 0) is 4.79 Å². The number of nitrogens with two attached hydrogens (primary N) is 1. The van der Waals surface area contributed by atoms with Gasteiger partial charge >= 0.3 is 0 Å². The van der Waals surface area contributed by atoms with E-state index in [1.807, 2.05) is 42.2 Å². The van der Waals surface area contributed by atoms with Crippen molar-refractivity contribution >= 4 is 23.4 Å². The second kappa shape index (κ2) is 8.13. The Morgan fingerprint density at radius 3 is 2.48 bits per heavy atom. The summed E-state index contributed by atoms with van der Waals surface area (Å²) in [4.78, 5) is 32.9. The number of carbonyl (C=O) groups excluding carboxylic acids is 2. The van der Waals surface area contributed by atoms with Crippen LogP contribution in [0.25, 0.3) is 0 Å². The summed E-state index contributed by atoms with van der Waals surface area (Å²) in [6.07, 6.45) is 1.91. The third-order valence-corrected chi connectivity index (χ3v) is 6.51. The summed E-state index contributed by atoms with van der Waals surface area (Å²) in [5.41, 5.74) is 8.06. The molecule has 2 N–H and O–H groups in total. The third kappa shape index (κ3) is 4.14. The fraction of sp³-hybridized carbons (Fsp3) is 0.409. The highest BCUT2D eigenvalue weighted by atomic mass is 35.5. The minimum Gasteiger partial charge on any atom is -0.370 e. The maximum Gasteiger partial charge on any atom is 0.272 e. The third-order valence-electron chi connectivity index (χ3n) is 6.10. The zero-order valence-corrected chi connectivity index (χ0v) is 17.2. The maximum atomic E-state index is 12.7. The van der Waals surface area contributed by atoms with Gasteiger partial charge in [-0.15, -0.1) is 0 Å². The summed E-state index contributed by atoms with van der Waals surface area (Å²) < 4.78 is 0. The number of amides is 2. The van der Waals surface area contributed by atoms with E-state index in [1.54, 1.807) is 12.3 Å². The predicted molar refractivity (Wildman–Crippen MR) is 111 cm³/mol. The van der Waals surface area contributed by atoms with Crippen LogP contribution in [0.5, 0.6) is 0 Å². The van der Waals surface area contributed by atoms with E-state index in [4.69, 9.17) is 17.3 Å². The Morgan fingerprint density at radius 2 is 1.90 bits per heavy atom. The van der Waals surface area contributed by atoms with E-state index in [1.165, 1.54) is 0 Å². The van der Waals surface area contributed by atoms with Crippen LogP contribution in [0.1, 0.15) is 34.1 Å². The lowest BCUT2D eigenvalue weighted by Crippen LogP contribution is -2.36. The number of primary amides is 1. The van der Waals surface area contributed by atoms with Gasteiger partial charge in [0, 0.05) is 49.9 Å². The SMILES string of the molecule is Cc1ccc(C(CC(N)=O)N2CC3CN(C(=O)c4ccccn4)CC3C2)cc1Cl. The zero-order chi connectivity index (χ0) is 20.5. The van der Waals surface area contributed by atoms with Crippen molar-refractivity contribution in [3.63, 3.8) is 0 Å². The molecule has 2 amide bonds. The predicted octanol–water partition coefficient (Wildman–Crippen LogP) is 2.66. The van der Waals surface area contributed by atoms with Gasteiger partial charge in [0.25, 0.3) is 5.91 Å². The van der Waals surface area contributed by atoms with Gasteiger partial charge in [0.1, 0.15) is 5.69 Å².